The van der Waals surface area contributed by atoms with Crippen LogP contribution in [0.3, 0.4) is 0 Å². The average molecular weight is 424 g/mol. The molecule has 2 aliphatic rings. The smallest absolute Gasteiger partial charge is 0.236 e. The highest BCUT2D eigenvalue weighted by atomic mass is 16.5. The van der Waals surface area contributed by atoms with E-state index < -0.39 is 0 Å². The van der Waals surface area contributed by atoms with Gasteiger partial charge in [-0.05, 0) is 6.07 Å². The van der Waals surface area contributed by atoms with Crippen LogP contribution in [-0.4, -0.2) is 96.5 Å². The van der Waals surface area contributed by atoms with Crippen LogP contribution in [0.4, 0.5) is 0 Å². The minimum absolute atomic E-state index is 0.0833. The molecule has 8 heteroatoms. The number of ether oxygens (including phenoxy) is 1. The molecule has 8 nitrogen and oxygen atoms in total. The van der Waals surface area contributed by atoms with Gasteiger partial charge in [-0.1, -0.05) is 18.2 Å². The fourth-order valence-electron chi connectivity index (χ4n) is 4.32. The van der Waals surface area contributed by atoms with E-state index in [4.69, 9.17) is 10.00 Å². The molecular weight excluding hydrogens is 394 g/mol. The highest BCUT2D eigenvalue weighted by Crippen LogP contribution is 2.22. The third-order valence-electron chi connectivity index (χ3n) is 6.11. The van der Waals surface area contributed by atoms with E-state index in [1.54, 1.807) is 0 Å². The number of fused-ring (bicyclic) bond motifs is 1. The van der Waals surface area contributed by atoms with Gasteiger partial charge >= 0.3 is 0 Å². The number of nitrogens with zero attached hydrogens (tertiary/aromatic N) is 5. The summed E-state index contributed by atoms with van der Waals surface area (Å²) in [6.07, 6.45) is 2.29. The number of aryl methyl sites for hydroxylation is 1. The van der Waals surface area contributed by atoms with E-state index in [0.717, 1.165) is 24.0 Å². The summed E-state index contributed by atoms with van der Waals surface area (Å²) < 4.78 is 7.33. The Balaban J connectivity index is 1.33. The molecule has 2 saturated heterocycles. The number of morpholine rings is 1. The molecule has 3 heterocycles. The highest BCUT2D eigenvalue weighted by Gasteiger charge is 2.25. The van der Waals surface area contributed by atoms with Gasteiger partial charge in [0, 0.05) is 68.5 Å². The Morgan fingerprint density at radius 2 is 1.68 bits per heavy atom. The molecule has 0 radical (unpaired) electrons. The third-order valence-corrected chi connectivity index (χ3v) is 6.11. The van der Waals surface area contributed by atoms with Crippen molar-refractivity contribution >= 4 is 22.6 Å². The second-order valence-electron chi connectivity index (χ2n) is 8.13. The van der Waals surface area contributed by atoms with E-state index in [1.807, 2.05) is 39.9 Å². The minimum atomic E-state index is 0.0833. The van der Waals surface area contributed by atoms with Crippen LogP contribution < -0.4 is 0 Å². The van der Waals surface area contributed by atoms with Crippen LogP contribution in [-0.2, 0) is 16.1 Å². The van der Waals surface area contributed by atoms with Gasteiger partial charge in [0.25, 0.3) is 0 Å². The van der Waals surface area contributed by atoms with E-state index in [2.05, 4.69) is 15.9 Å². The van der Waals surface area contributed by atoms with Gasteiger partial charge in [0.05, 0.1) is 38.8 Å². The predicted molar refractivity (Wildman–Crippen MR) is 117 cm³/mol. The molecule has 0 N–H and O–H groups in total. The zero-order valence-electron chi connectivity index (χ0n) is 17.8. The lowest BCUT2D eigenvalue weighted by molar-refractivity contribution is -0.135. The van der Waals surface area contributed by atoms with Crippen LogP contribution in [0.1, 0.15) is 16.8 Å². The number of carbonyl (C=O) groups is 2. The second kappa shape index (κ2) is 10.1. The molecule has 0 atom stereocenters. The van der Waals surface area contributed by atoms with Gasteiger partial charge in [0.1, 0.15) is 0 Å². The van der Waals surface area contributed by atoms with Crippen molar-refractivity contribution in [1.82, 2.24) is 19.3 Å². The number of piperazine rings is 1. The maximum atomic E-state index is 13.1. The van der Waals surface area contributed by atoms with Crippen LogP contribution in [0.25, 0.3) is 10.9 Å². The normalized spacial score (nSPS) is 18.2. The van der Waals surface area contributed by atoms with Gasteiger partial charge in [-0.3, -0.25) is 19.4 Å². The van der Waals surface area contributed by atoms with Crippen molar-refractivity contribution < 1.29 is 14.3 Å². The minimum Gasteiger partial charge on any atom is -0.379 e. The summed E-state index contributed by atoms with van der Waals surface area (Å²) in [4.78, 5) is 31.8. The monoisotopic (exact) mass is 423 g/mol. The molecule has 2 fully saturated rings. The van der Waals surface area contributed by atoms with E-state index in [9.17, 15) is 9.59 Å². The predicted octanol–water partition coefficient (Wildman–Crippen LogP) is 1.21. The van der Waals surface area contributed by atoms with Gasteiger partial charge < -0.3 is 14.2 Å². The summed E-state index contributed by atoms with van der Waals surface area (Å²) in [5.41, 5.74) is 1.69. The van der Waals surface area contributed by atoms with Crippen LogP contribution in [0.5, 0.6) is 0 Å². The molecule has 31 heavy (non-hydrogen) atoms. The van der Waals surface area contributed by atoms with Gasteiger partial charge in [0.15, 0.2) is 5.78 Å². The molecule has 0 aliphatic carbocycles. The molecule has 2 aromatic rings. The number of benzene rings is 1. The summed E-state index contributed by atoms with van der Waals surface area (Å²) in [5, 5.41) is 9.85. The van der Waals surface area contributed by atoms with Gasteiger partial charge in [0.2, 0.25) is 5.91 Å². The number of amides is 1. The lowest BCUT2D eigenvalue weighted by atomic mass is 10.1. The molecule has 1 aromatic heterocycles. The third kappa shape index (κ3) is 5.13. The zero-order chi connectivity index (χ0) is 21.6. The summed E-state index contributed by atoms with van der Waals surface area (Å²) >= 11 is 0. The van der Waals surface area contributed by atoms with E-state index in [0.29, 0.717) is 71.0 Å². The Morgan fingerprint density at radius 3 is 2.42 bits per heavy atom. The number of aromatic nitrogens is 1. The Labute approximate surface area is 182 Å². The second-order valence-corrected chi connectivity index (χ2v) is 8.13. The van der Waals surface area contributed by atoms with Crippen molar-refractivity contribution in [2.45, 2.75) is 13.0 Å². The molecular formula is C23H29N5O3. The molecule has 4 rings (SSSR count). The lowest BCUT2D eigenvalue weighted by Gasteiger charge is -2.36. The number of Topliss-reactive ketones (excluding diaryl/α,β-unsaturated/α-hetero) is 1. The standard InChI is InChI=1S/C23H29N5O3/c24-6-3-7-28-16-20(19-4-1-2-5-21(19)28)22(29)17-25-8-10-27(11-9-25)23(30)18-26-12-14-31-15-13-26/h1-2,4-5,16H,3,7-15,17-18H2. The molecule has 0 saturated carbocycles. The fourth-order valence-corrected chi connectivity index (χ4v) is 4.32. The van der Waals surface area contributed by atoms with Gasteiger partial charge in [-0.2, -0.15) is 5.26 Å². The Hall–Kier alpha value is -2.73. The zero-order valence-corrected chi connectivity index (χ0v) is 17.8. The first-order chi connectivity index (χ1) is 15.2. The Morgan fingerprint density at radius 1 is 0.968 bits per heavy atom. The molecule has 1 aromatic carbocycles. The molecule has 0 bridgehead atoms. The number of nitriles is 1. The van der Waals surface area contributed by atoms with Gasteiger partial charge in [-0.25, -0.2) is 0 Å². The summed E-state index contributed by atoms with van der Waals surface area (Å²) in [6.45, 7) is 7.08. The molecule has 0 unspecified atom stereocenters. The first-order valence-electron chi connectivity index (χ1n) is 10.9. The number of para-hydroxylation sites is 1. The van der Waals surface area contributed by atoms with Crippen LogP contribution in [0.2, 0.25) is 0 Å². The topological polar surface area (TPSA) is 81.8 Å². The lowest BCUT2D eigenvalue weighted by Crippen LogP contribution is -2.52. The molecule has 2 aliphatic heterocycles. The van der Waals surface area contributed by atoms with Crippen molar-refractivity contribution in [3.8, 4) is 6.07 Å². The van der Waals surface area contributed by atoms with Crippen LogP contribution in [0, 0.1) is 11.3 Å². The first kappa shape index (κ1) is 21.5. The van der Waals surface area contributed by atoms with Crippen molar-refractivity contribution in [3.05, 3.63) is 36.0 Å². The van der Waals surface area contributed by atoms with E-state index >= 15 is 0 Å². The summed E-state index contributed by atoms with van der Waals surface area (Å²) in [5.74, 6) is 0.244. The quantitative estimate of drug-likeness (QED) is 0.623. The molecule has 164 valence electrons. The maximum Gasteiger partial charge on any atom is 0.236 e. The van der Waals surface area contributed by atoms with Crippen LogP contribution in [0.15, 0.2) is 30.5 Å². The number of carbonyl (C=O) groups excluding carboxylic acids is 2. The number of hydrogen-bond acceptors (Lipinski definition) is 6. The van der Waals surface area contributed by atoms with Crippen LogP contribution >= 0.6 is 0 Å². The largest absolute Gasteiger partial charge is 0.379 e. The first-order valence-corrected chi connectivity index (χ1v) is 10.9. The molecule has 1 amide bonds. The number of ketones is 1. The SMILES string of the molecule is N#CCCn1cc(C(=O)CN2CCN(C(=O)CN3CCOCC3)CC2)c2ccccc21. The molecule has 0 spiro atoms. The summed E-state index contributed by atoms with van der Waals surface area (Å²) in [6, 6.07) is 10.0. The summed E-state index contributed by atoms with van der Waals surface area (Å²) in [7, 11) is 0. The number of rotatable bonds is 7. The number of hydrogen-bond donors (Lipinski definition) is 0. The van der Waals surface area contributed by atoms with E-state index in [-0.39, 0.29) is 11.7 Å². The van der Waals surface area contributed by atoms with Crippen molar-refractivity contribution in [3.63, 3.8) is 0 Å². The van der Waals surface area contributed by atoms with Gasteiger partial charge in [-0.15, -0.1) is 0 Å². The van der Waals surface area contributed by atoms with Crippen molar-refractivity contribution in [2.75, 3.05) is 65.6 Å². The Bertz CT molecular complexity index is 965. The fraction of sp³-hybridized carbons (Fsp3) is 0.522. The van der Waals surface area contributed by atoms with E-state index in [1.165, 1.54) is 0 Å². The van der Waals surface area contributed by atoms with Crippen molar-refractivity contribution in [1.29, 1.82) is 5.26 Å². The average Bonchev–Trinajstić information content (AvgIpc) is 3.17. The highest BCUT2D eigenvalue weighted by molar-refractivity contribution is 6.09. The Kier molecular flexibility index (Phi) is 6.97. The van der Waals surface area contributed by atoms with Crippen molar-refractivity contribution in [2.24, 2.45) is 0 Å². The maximum absolute atomic E-state index is 13.1.